The number of anilines is 1. The van der Waals surface area contributed by atoms with Gasteiger partial charge < -0.3 is 15.7 Å². The van der Waals surface area contributed by atoms with Crippen LogP contribution in [0.25, 0.3) is 0 Å². The standard InChI is InChI=1S/C12H14N2O3S/c13-11(15)8-3-1-2-4-9(8)14-5-6-18-7-10(14)12(16)17/h1-4,10H,5-7H2,(H2,13,15)(H,16,17). The molecule has 3 N–H and O–H groups in total. The van der Waals surface area contributed by atoms with Crippen LogP contribution in [0.2, 0.25) is 0 Å². The van der Waals surface area contributed by atoms with Crippen molar-refractivity contribution in [2.24, 2.45) is 5.73 Å². The molecule has 1 aromatic rings. The van der Waals surface area contributed by atoms with Gasteiger partial charge in [-0.2, -0.15) is 11.8 Å². The van der Waals surface area contributed by atoms with E-state index < -0.39 is 17.9 Å². The van der Waals surface area contributed by atoms with Crippen molar-refractivity contribution in [2.75, 3.05) is 23.0 Å². The van der Waals surface area contributed by atoms with Gasteiger partial charge in [0.2, 0.25) is 0 Å². The molecule has 18 heavy (non-hydrogen) atoms. The van der Waals surface area contributed by atoms with Gasteiger partial charge >= 0.3 is 5.97 Å². The molecule has 96 valence electrons. The number of nitrogens with two attached hydrogens (primary N) is 1. The molecular formula is C12H14N2O3S. The van der Waals surface area contributed by atoms with Crippen LogP contribution in [0.5, 0.6) is 0 Å². The van der Waals surface area contributed by atoms with Crippen LogP contribution in [0.15, 0.2) is 24.3 Å². The van der Waals surface area contributed by atoms with Crippen LogP contribution in [0.1, 0.15) is 10.4 Å². The number of hydrogen-bond acceptors (Lipinski definition) is 4. The number of benzene rings is 1. The summed E-state index contributed by atoms with van der Waals surface area (Å²) in [7, 11) is 0. The van der Waals surface area contributed by atoms with Crippen molar-refractivity contribution in [1.82, 2.24) is 0 Å². The summed E-state index contributed by atoms with van der Waals surface area (Å²) in [6.07, 6.45) is 0. The van der Waals surface area contributed by atoms with Gasteiger partial charge in [-0.05, 0) is 12.1 Å². The van der Waals surface area contributed by atoms with Gasteiger partial charge in [0.05, 0.1) is 11.3 Å². The summed E-state index contributed by atoms with van der Waals surface area (Å²) >= 11 is 1.61. The fourth-order valence-corrected chi connectivity index (χ4v) is 3.07. The highest BCUT2D eigenvalue weighted by Gasteiger charge is 2.30. The zero-order valence-corrected chi connectivity index (χ0v) is 10.5. The maximum absolute atomic E-state index is 11.4. The number of nitrogens with zero attached hydrogens (tertiary/aromatic N) is 1. The number of hydrogen-bond donors (Lipinski definition) is 2. The fourth-order valence-electron chi connectivity index (χ4n) is 2.03. The van der Waals surface area contributed by atoms with Crippen molar-refractivity contribution < 1.29 is 14.7 Å². The third kappa shape index (κ3) is 2.43. The number of primary amides is 1. The average molecular weight is 266 g/mol. The summed E-state index contributed by atoms with van der Waals surface area (Å²) in [6, 6.07) is 6.26. The maximum atomic E-state index is 11.4. The molecule has 2 rings (SSSR count). The molecule has 0 aromatic heterocycles. The van der Waals surface area contributed by atoms with Crippen molar-refractivity contribution >= 4 is 29.3 Å². The Kier molecular flexibility index (Phi) is 3.76. The Morgan fingerprint density at radius 2 is 2.11 bits per heavy atom. The fraction of sp³-hybridized carbons (Fsp3) is 0.333. The second-order valence-corrected chi connectivity index (χ2v) is 5.15. The topological polar surface area (TPSA) is 83.6 Å². The molecule has 1 atom stereocenters. The lowest BCUT2D eigenvalue weighted by molar-refractivity contribution is -0.138. The molecule has 1 aromatic carbocycles. The zero-order valence-electron chi connectivity index (χ0n) is 9.70. The molecule has 1 amide bonds. The lowest BCUT2D eigenvalue weighted by Crippen LogP contribution is -2.48. The van der Waals surface area contributed by atoms with Crippen LogP contribution in [0, 0.1) is 0 Å². The van der Waals surface area contributed by atoms with Crippen molar-refractivity contribution in [3.05, 3.63) is 29.8 Å². The number of carbonyl (C=O) groups is 2. The molecule has 1 heterocycles. The second-order valence-electron chi connectivity index (χ2n) is 4.00. The Balaban J connectivity index is 2.39. The van der Waals surface area contributed by atoms with Crippen LogP contribution >= 0.6 is 11.8 Å². The minimum absolute atomic E-state index is 0.371. The summed E-state index contributed by atoms with van der Waals surface area (Å²) in [5.41, 5.74) is 6.30. The number of aliphatic carboxylic acids is 1. The average Bonchev–Trinajstić information content (AvgIpc) is 2.38. The van der Waals surface area contributed by atoms with Crippen LogP contribution in [0.4, 0.5) is 5.69 Å². The summed E-state index contributed by atoms with van der Waals surface area (Å²) in [5.74, 6) is -0.0475. The lowest BCUT2D eigenvalue weighted by Gasteiger charge is -2.35. The number of carbonyl (C=O) groups excluding carboxylic acids is 1. The Bertz CT molecular complexity index is 478. The lowest BCUT2D eigenvalue weighted by atomic mass is 10.1. The van der Waals surface area contributed by atoms with E-state index in [1.165, 1.54) is 0 Å². The van der Waals surface area contributed by atoms with Gasteiger partial charge in [0, 0.05) is 18.1 Å². The van der Waals surface area contributed by atoms with E-state index in [-0.39, 0.29) is 0 Å². The molecule has 0 bridgehead atoms. The van der Waals surface area contributed by atoms with Crippen LogP contribution in [-0.2, 0) is 4.79 Å². The number of amides is 1. The summed E-state index contributed by atoms with van der Waals surface area (Å²) in [5, 5.41) is 9.23. The van der Waals surface area contributed by atoms with Crippen molar-refractivity contribution in [1.29, 1.82) is 0 Å². The predicted octanol–water partition coefficient (Wildman–Crippen LogP) is 0.792. The first-order valence-electron chi connectivity index (χ1n) is 5.57. The Hall–Kier alpha value is -1.69. The van der Waals surface area contributed by atoms with Gasteiger partial charge in [-0.15, -0.1) is 0 Å². The Morgan fingerprint density at radius 3 is 2.78 bits per heavy atom. The molecule has 1 unspecified atom stereocenters. The largest absolute Gasteiger partial charge is 0.480 e. The number of para-hydroxylation sites is 1. The quantitative estimate of drug-likeness (QED) is 0.845. The van der Waals surface area contributed by atoms with Gasteiger partial charge in [0.25, 0.3) is 5.91 Å². The predicted molar refractivity (Wildman–Crippen MR) is 71.1 cm³/mol. The van der Waals surface area contributed by atoms with Gasteiger partial charge in [-0.1, -0.05) is 12.1 Å². The van der Waals surface area contributed by atoms with E-state index in [9.17, 15) is 14.7 Å². The van der Waals surface area contributed by atoms with E-state index in [1.807, 2.05) is 0 Å². The summed E-state index contributed by atoms with van der Waals surface area (Å²) < 4.78 is 0. The van der Waals surface area contributed by atoms with E-state index in [1.54, 1.807) is 40.9 Å². The third-order valence-corrected chi connectivity index (χ3v) is 3.92. The molecule has 0 radical (unpaired) electrons. The molecule has 1 aliphatic rings. The van der Waals surface area contributed by atoms with Gasteiger partial charge in [0.1, 0.15) is 6.04 Å². The Labute approximate surface area is 109 Å². The molecule has 0 aliphatic carbocycles. The molecule has 5 nitrogen and oxygen atoms in total. The van der Waals surface area contributed by atoms with Crippen LogP contribution in [-0.4, -0.2) is 41.1 Å². The van der Waals surface area contributed by atoms with Crippen molar-refractivity contribution in [2.45, 2.75) is 6.04 Å². The Morgan fingerprint density at radius 1 is 1.39 bits per heavy atom. The zero-order chi connectivity index (χ0) is 13.1. The van der Waals surface area contributed by atoms with E-state index in [2.05, 4.69) is 0 Å². The highest BCUT2D eigenvalue weighted by atomic mass is 32.2. The maximum Gasteiger partial charge on any atom is 0.327 e. The van der Waals surface area contributed by atoms with E-state index in [0.717, 1.165) is 5.75 Å². The summed E-state index contributed by atoms with van der Waals surface area (Å²) in [6.45, 7) is 0.603. The SMILES string of the molecule is NC(=O)c1ccccc1N1CCSCC1C(=O)O. The first kappa shape index (κ1) is 12.8. The third-order valence-electron chi connectivity index (χ3n) is 2.89. The van der Waals surface area contributed by atoms with Gasteiger partial charge in [-0.25, -0.2) is 4.79 Å². The van der Waals surface area contributed by atoms with Crippen LogP contribution < -0.4 is 10.6 Å². The monoisotopic (exact) mass is 266 g/mol. The number of thioether (sulfide) groups is 1. The molecule has 1 fully saturated rings. The van der Waals surface area contributed by atoms with Crippen molar-refractivity contribution in [3.8, 4) is 0 Å². The van der Waals surface area contributed by atoms with E-state index >= 15 is 0 Å². The number of carboxylic acids is 1. The number of rotatable bonds is 3. The molecular weight excluding hydrogens is 252 g/mol. The van der Waals surface area contributed by atoms with E-state index in [4.69, 9.17) is 5.73 Å². The molecule has 0 saturated carbocycles. The second kappa shape index (κ2) is 5.30. The van der Waals surface area contributed by atoms with Gasteiger partial charge in [0.15, 0.2) is 0 Å². The van der Waals surface area contributed by atoms with Crippen LogP contribution in [0.3, 0.4) is 0 Å². The highest BCUT2D eigenvalue weighted by Crippen LogP contribution is 2.27. The highest BCUT2D eigenvalue weighted by molar-refractivity contribution is 7.99. The molecule has 1 saturated heterocycles. The molecule has 1 aliphatic heterocycles. The summed E-state index contributed by atoms with van der Waals surface area (Å²) in [4.78, 5) is 24.4. The van der Waals surface area contributed by atoms with Crippen molar-refractivity contribution in [3.63, 3.8) is 0 Å². The minimum atomic E-state index is -0.874. The molecule has 6 heteroatoms. The van der Waals surface area contributed by atoms with Gasteiger partial charge in [-0.3, -0.25) is 4.79 Å². The normalized spacial score (nSPS) is 19.6. The first-order chi connectivity index (χ1) is 8.61. The smallest absolute Gasteiger partial charge is 0.327 e. The number of carboxylic acid groups (broad SMARTS) is 1. The first-order valence-corrected chi connectivity index (χ1v) is 6.72. The molecule has 0 spiro atoms. The minimum Gasteiger partial charge on any atom is -0.480 e. The van der Waals surface area contributed by atoms with E-state index in [0.29, 0.717) is 23.5 Å².